The summed E-state index contributed by atoms with van der Waals surface area (Å²) in [5.74, 6) is -0.209. The number of aromatic amines is 1. The van der Waals surface area contributed by atoms with Gasteiger partial charge >= 0.3 is 0 Å². The molecule has 2 N–H and O–H groups in total. The number of ether oxygens (including phenoxy) is 1. The lowest BCUT2D eigenvalue weighted by Gasteiger charge is -2.40. The summed E-state index contributed by atoms with van der Waals surface area (Å²) in [4.78, 5) is 35.9. The van der Waals surface area contributed by atoms with Gasteiger partial charge < -0.3 is 15.0 Å². The van der Waals surface area contributed by atoms with E-state index in [4.69, 9.17) is 4.74 Å². The number of rotatable bonds is 6. The highest BCUT2D eigenvalue weighted by Gasteiger charge is 2.41. The van der Waals surface area contributed by atoms with Crippen LogP contribution in [0.25, 0.3) is 0 Å². The molecule has 180 valence electrons. The predicted octanol–water partition coefficient (Wildman–Crippen LogP) is 4.19. The topological polar surface area (TPSA) is 111 Å². The van der Waals surface area contributed by atoms with Crippen molar-refractivity contribution in [3.8, 4) is 11.8 Å². The molecule has 8 heteroatoms. The van der Waals surface area contributed by atoms with E-state index in [1.807, 2.05) is 24.3 Å². The lowest BCUT2D eigenvalue weighted by molar-refractivity contribution is -0.119. The maximum absolute atomic E-state index is 13.4. The molecule has 0 aliphatic carbocycles. The number of nitrogens with zero attached hydrogens (tertiary/aromatic N) is 3. The number of nitrogens with one attached hydrogen (secondary N) is 2. The molecule has 1 aromatic heterocycles. The molecule has 0 saturated carbocycles. The zero-order valence-corrected chi connectivity index (χ0v) is 20.3. The fourth-order valence-electron chi connectivity index (χ4n) is 5.00. The number of piperidine rings is 1. The third kappa shape index (κ3) is 4.65. The van der Waals surface area contributed by atoms with Gasteiger partial charge in [-0.25, -0.2) is 0 Å². The Labute approximate surface area is 200 Å². The van der Waals surface area contributed by atoms with Gasteiger partial charge in [0.15, 0.2) is 0 Å². The van der Waals surface area contributed by atoms with Gasteiger partial charge in [0.1, 0.15) is 17.5 Å². The predicted molar refractivity (Wildman–Crippen MR) is 131 cm³/mol. The Morgan fingerprint density at radius 3 is 2.47 bits per heavy atom. The van der Waals surface area contributed by atoms with E-state index < -0.39 is 17.7 Å². The zero-order valence-electron chi connectivity index (χ0n) is 20.3. The number of aromatic nitrogens is 2. The number of nitriles is 1. The Balaban J connectivity index is 1.70. The molecule has 2 aliphatic rings. The number of carbonyl (C=O) groups excluding carboxylic acids is 1. The summed E-state index contributed by atoms with van der Waals surface area (Å²) in [6.07, 6.45) is 4.12. The van der Waals surface area contributed by atoms with Gasteiger partial charge in [-0.1, -0.05) is 26.0 Å². The highest BCUT2D eigenvalue weighted by Crippen LogP contribution is 2.39. The summed E-state index contributed by atoms with van der Waals surface area (Å²) in [5, 5.41) is 12.5. The lowest BCUT2D eigenvalue weighted by Crippen LogP contribution is -2.46. The van der Waals surface area contributed by atoms with Crippen LogP contribution < -0.4 is 20.5 Å². The number of hydrogen-bond acceptors (Lipinski definition) is 6. The molecular weight excluding hydrogens is 430 g/mol. The third-order valence-corrected chi connectivity index (χ3v) is 6.89. The molecule has 1 aromatic carbocycles. The van der Waals surface area contributed by atoms with Crippen molar-refractivity contribution in [1.29, 1.82) is 5.26 Å². The Morgan fingerprint density at radius 2 is 1.85 bits per heavy atom. The molecule has 1 saturated heterocycles. The normalized spacial score (nSPS) is 24.4. The van der Waals surface area contributed by atoms with Crippen molar-refractivity contribution in [2.45, 2.75) is 71.4 Å². The number of benzene rings is 1. The number of amides is 1. The van der Waals surface area contributed by atoms with Crippen molar-refractivity contribution < 1.29 is 9.53 Å². The van der Waals surface area contributed by atoms with Crippen LogP contribution in [0.4, 0.5) is 11.8 Å². The van der Waals surface area contributed by atoms with Gasteiger partial charge in [-0.3, -0.25) is 14.6 Å². The summed E-state index contributed by atoms with van der Waals surface area (Å²) in [6.45, 7) is 9.14. The minimum Gasteiger partial charge on any atom is -0.494 e. The first-order chi connectivity index (χ1) is 16.3. The molecule has 1 amide bonds. The molecule has 0 bridgehead atoms. The first-order valence-corrected chi connectivity index (χ1v) is 12.2. The molecule has 0 spiro atoms. The minimum absolute atomic E-state index is 0.232. The van der Waals surface area contributed by atoms with Crippen LogP contribution in [0.2, 0.25) is 0 Å². The van der Waals surface area contributed by atoms with Crippen molar-refractivity contribution in [1.82, 2.24) is 9.97 Å². The Bertz CT molecular complexity index is 1120. The minimum atomic E-state index is -1.03. The molecule has 3 heterocycles. The first kappa shape index (κ1) is 23.8. The van der Waals surface area contributed by atoms with E-state index in [0.717, 1.165) is 25.7 Å². The van der Waals surface area contributed by atoms with Crippen LogP contribution >= 0.6 is 0 Å². The lowest BCUT2D eigenvalue weighted by atomic mass is 9.79. The van der Waals surface area contributed by atoms with Crippen LogP contribution in [0, 0.1) is 23.2 Å². The Morgan fingerprint density at radius 1 is 1.18 bits per heavy atom. The average Bonchev–Trinajstić information content (AvgIpc) is 2.78. The van der Waals surface area contributed by atoms with Crippen LogP contribution in [0.15, 0.2) is 29.1 Å². The van der Waals surface area contributed by atoms with Crippen LogP contribution in [0.3, 0.4) is 0 Å². The van der Waals surface area contributed by atoms with Crippen LogP contribution in [0.1, 0.15) is 70.4 Å². The van der Waals surface area contributed by atoms with Crippen LogP contribution in [0.5, 0.6) is 5.75 Å². The quantitative estimate of drug-likeness (QED) is 0.665. The maximum Gasteiger partial charge on any atom is 0.258 e. The number of fused-ring (bicyclic) bond motifs is 1. The van der Waals surface area contributed by atoms with E-state index in [-0.39, 0.29) is 23.5 Å². The molecule has 8 nitrogen and oxygen atoms in total. The molecule has 2 aliphatic heterocycles. The van der Waals surface area contributed by atoms with Crippen molar-refractivity contribution in [2.24, 2.45) is 11.8 Å². The molecule has 4 rings (SSSR count). The van der Waals surface area contributed by atoms with Gasteiger partial charge in [-0.15, -0.1) is 0 Å². The number of carbonyl (C=O) groups is 1. The van der Waals surface area contributed by atoms with E-state index in [0.29, 0.717) is 35.3 Å². The van der Waals surface area contributed by atoms with Gasteiger partial charge in [0.05, 0.1) is 18.2 Å². The largest absolute Gasteiger partial charge is 0.494 e. The number of H-pyrrole nitrogens is 1. The molecule has 0 radical (unpaired) electrons. The summed E-state index contributed by atoms with van der Waals surface area (Å²) in [6, 6.07) is 9.85. The molecule has 1 fully saturated rings. The SMILES string of the molecule is CC(C)CCOc1ccc(C2c3c(nc(N4C(C)CCCC4C)[nH]c3=O)NC(=O)C2C#N)cc1. The average molecular weight is 464 g/mol. The third-order valence-electron chi connectivity index (χ3n) is 6.89. The fourth-order valence-corrected chi connectivity index (χ4v) is 5.00. The monoisotopic (exact) mass is 463 g/mol. The molecule has 2 aromatic rings. The molecule has 34 heavy (non-hydrogen) atoms. The van der Waals surface area contributed by atoms with E-state index in [9.17, 15) is 14.9 Å². The standard InChI is InChI=1S/C26H33N5O3/c1-15(2)12-13-34-19-10-8-18(9-11-19)21-20(14-27)24(32)28-23-22(21)25(33)30-26(29-23)31-16(3)6-5-7-17(31)4/h8-11,15-17,20-21H,5-7,12-13H2,1-4H3,(H2,28,29,30,32,33). The number of hydrogen-bond donors (Lipinski definition) is 2. The van der Waals surface area contributed by atoms with Gasteiger partial charge in [0.2, 0.25) is 11.9 Å². The van der Waals surface area contributed by atoms with Crippen molar-refractivity contribution in [3.63, 3.8) is 0 Å². The smallest absolute Gasteiger partial charge is 0.258 e. The van der Waals surface area contributed by atoms with Gasteiger partial charge in [0.25, 0.3) is 5.56 Å². The van der Waals surface area contributed by atoms with E-state index >= 15 is 0 Å². The Hall–Kier alpha value is -3.34. The molecular formula is C26H33N5O3. The summed E-state index contributed by atoms with van der Waals surface area (Å²) in [5.41, 5.74) is 0.701. The van der Waals surface area contributed by atoms with E-state index in [2.05, 4.69) is 53.9 Å². The van der Waals surface area contributed by atoms with Gasteiger partial charge in [-0.2, -0.15) is 10.2 Å². The van der Waals surface area contributed by atoms with Crippen molar-refractivity contribution in [2.75, 3.05) is 16.8 Å². The molecule has 4 unspecified atom stereocenters. The van der Waals surface area contributed by atoms with Crippen LogP contribution in [-0.2, 0) is 4.79 Å². The second-order valence-electron chi connectivity index (χ2n) is 9.86. The summed E-state index contributed by atoms with van der Waals surface area (Å²) < 4.78 is 5.80. The summed E-state index contributed by atoms with van der Waals surface area (Å²) in [7, 11) is 0. The van der Waals surface area contributed by atoms with Gasteiger partial charge in [-0.05, 0) is 63.1 Å². The highest BCUT2D eigenvalue weighted by molar-refractivity contribution is 5.98. The van der Waals surface area contributed by atoms with E-state index in [1.54, 1.807) is 0 Å². The maximum atomic E-state index is 13.4. The fraction of sp³-hybridized carbons (Fsp3) is 0.538. The number of anilines is 2. The molecule has 4 atom stereocenters. The van der Waals surface area contributed by atoms with Crippen LogP contribution in [-0.4, -0.2) is 34.6 Å². The Kier molecular flexibility index (Phi) is 6.92. The van der Waals surface area contributed by atoms with Crippen molar-refractivity contribution >= 4 is 17.7 Å². The second-order valence-corrected chi connectivity index (χ2v) is 9.86. The second kappa shape index (κ2) is 9.88. The van der Waals surface area contributed by atoms with Crippen molar-refractivity contribution in [3.05, 3.63) is 45.7 Å². The van der Waals surface area contributed by atoms with Gasteiger partial charge in [0, 0.05) is 18.0 Å². The highest BCUT2D eigenvalue weighted by atomic mass is 16.5. The zero-order chi connectivity index (χ0) is 24.4. The summed E-state index contributed by atoms with van der Waals surface area (Å²) >= 11 is 0. The first-order valence-electron chi connectivity index (χ1n) is 12.2. The van der Waals surface area contributed by atoms with E-state index in [1.165, 1.54) is 0 Å².